The molecular weight excluding hydrogens is 173 g/mol. The molecule has 1 N–H and O–H groups in total. The minimum atomic E-state index is -0.628. The van der Waals surface area contributed by atoms with Crippen LogP contribution in [0, 0.1) is 5.82 Å². The van der Waals surface area contributed by atoms with Crippen LogP contribution in [-0.2, 0) is 0 Å². The van der Waals surface area contributed by atoms with Crippen molar-refractivity contribution in [1.82, 2.24) is 4.90 Å². The number of hydrogen-bond acceptors (Lipinski definition) is 2. The molecule has 0 aliphatic heterocycles. The van der Waals surface area contributed by atoms with Gasteiger partial charge in [0.25, 0.3) is 5.91 Å². The molecule has 0 saturated carbocycles. The molecule has 4 heteroatoms. The maximum Gasteiger partial charge on any atom is 0.256 e. The molecule has 0 aromatic heterocycles. The lowest BCUT2D eigenvalue weighted by Crippen LogP contribution is -2.22. The van der Waals surface area contributed by atoms with Crippen molar-refractivity contribution in [2.75, 3.05) is 14.1 Å². The summed E-state index contributed by atoms with van der Waals surface area (Å²) in [6, 6.07) is 3.37. The maximum absolute atomic E-state index is 13.0. The van der Waals surface area contributed by atoms with Crippen molar-refractivity contribution >= 4 is 5.91 Å². The summed E-state index contributed by atoms with van der Waals surface area (Å²) in [5, 5.41) is 9.03. The Bertz CT molecular complexity index is 336. The van der Waals surface area contributed by atoms with E-state index in [1.54, 1.807) is 0 Å². The summed E-state index contributed by atoms with van der Waals surface area (Å²) in [6.45, 7) is 0. The largest absolute Gasteiger partial charge is 0.508 e. The smallest absolute Gasteiger partial charge is 0.256 e. The predicted molar refractivity (Wildman–Crippen MR) is 46.1 cm³/mol. The number of nitrogens with zero attached hydrogens (tertiary/aromatic N) is 1. The number of halogens is 1. The molecule has 70 valence electrons. The third-order valence-corrected chi connectivity index (χ3v) is 1.59. The Balaban J connectivity index is 3.13. The van der Waals surface area contributed by atoms with E-state index < -0.39 is 11.7 Å². The Hall–Kier alpha value is -1.58. The minimum absolute atomic E-state index is 0.119. The summed E-state index contributed by atoms with van der Waals surface area (Å²) < 4.78 is 13.0. The van der Waals surface area contributed by atoms with Gasteiger partial charge < -0.3 is 10.0 Å². The fourth-order valence-corrected chi connectivity index (χ4v) is 0.918. The number of benzene rings is 1. The lowest BCUT2D eigenvalue weighted by Gasteiger charge is -2.10. The third kappa shape index (κ3) is 1.96. The van der Waals surface area contributed by atoms with Gasteiger partial charge in [-0.3, -0.25) is 4.79 Å². The van der Waals surface area contributed by atoms with Gasteiger partial charge in [0.1, 0.15) is 11.6 Å². The molecule has 0 spiro atoms. The SMILES string of the molecule is CN(C)C(=O)c1cc(O)ccc1F. The quantitative estimate of drug-likeness (QED) is 0.711. The average Bonchev–Trinajstić information content (AvgIpc) is 2.08. The van der Waals surface area contributed by atoms with Crippen molar-refractivity contribution in [1.29, 1.82) is 0 Å². The molecule has 0 radical (unpaired) electrons. The molecule has 0 aliphatic carbocycles. The molecular formula is C9H10FNO2. The Morgan fingerprint density at radius 3 is 2.62 bits per heavy atom. The standard InChI is InChI=1S/C9H10FNO2/c1-11(2)9(13)7-5-6(12)3-4-8(7)10/h3-5,12H,1-2H3. The minimum Gasteiger partial charge on any atom is -0.508 e. The first-order chi connectivity index (χ1) is 6.02. The normalized spacial score (nSPS) is 9.77. The number of rotatable bonds is 1. The lowest BCUT2D eigenvalue weighted by molar-refractivity contribution is 0.0822. The summed E-state index contributed by atoms with van der Waals surface area (Å²) in [5.74, 6) is -1.21. The molecule has 1 rings (SSSR count). The van der Waals surface area contributed by atoms with Crippen molar-refractivity contribution in [3.63, 3.8) is 0 Å². The average molecular weight is 183 g/mol. The van der Waals surface area contributed by atoms with Crippen molar-refractivity contribution in [3.05, 3.63) is 29.6 Å². The summed E-state index contributed by atoms with van der Waals surface area (Å²) in [7, 11) is 3.04. The van der Waals surface area contributed by atoms with Crippen LogP contribution in [0.3, 0.4) is 0 Å². The van der Waals surface area contributed by atoms with Crippen LogP contribution in [0.5, 0.6) is 5.75 Å². The fraction of sp³-hybridized carbons (Fsp3) is 0.222. The second-order valence-corrected chi connectivity index (χ2v) is 2.86. The van der Waals surface area contributed by atoms with E-state index in [0.29, 0.717) is 0 Å². The van der Waals surface area contributed by atoms with Crippen LogP contribution in [0.25, 0.3) is 0 Å². The van der Waals surface area contributed by atoms with Crippen LogP contribution < -0.4 is 0 Å². The molecule has 1 aromatic carbocycles. The van der Waals surface area contributed by atoms with Gasteiger partial charge in [-0.05, 0) is 18.2 Å². The fourth-order valence-electron chi connectivity index (χ4n) is 0.918. The van der Waals surface area contributed by atoms with E-state index in [4.69, 9.17) is 5.11 Å². The predicted octanol–water partition coefficient (Wildman–Crippen LogP) is 1.23. The monoisotopic (exact) mass is 183 g/mol. The summed E-state index contributed by atoms with van der Waals surface area (Å²) in [4.78, 5) is 12.5. The van der Waals surface area contributed by atoms with Gasteiger partial charge in [-0.1, -0.05) is 0 Å². The zero-order valence-corrected chi connectivity index (χ0v) is 7.41. The number of amides is 1. The van der Waals surface area contributed by atoms with Gasteiger partial charge in [0.05, 0.1) is 5.56 Å². The highest BCUT2D eigenvalue weighted by Gasteiger charge is 2.13. The van der Waals surface area contributed by atoms with Gasteiger partial charge in [-0.2, -0.15) is 0 Å². The highest BCUT2D eigenvalue weighted by Crippen LogP contribution is 2.16. The number of hydrogen-bond donors (Lipinski definition) is 1. The summed E-state index contributed by atoms with van der Waals surface area (Å²) >= 11 is 0. The topological polar surface area (TPSA) is 40.5 Å². The number of aromatic hydroxyl groups is 1. The maximum atomic E-state index is 13.0. The van der Waals surface area contributed by atoms with Crippen molar-refractivity contribution in [2.24, 2.45) is 0 Å². The van der Waals surface area contributed by atoms with E-state index >= 15 is 0 Å². The van der Waals surface area contributed by atoms with Crippen LogP contribution in [0.1, 0.15) is 10.4 Å². The van der Waals surface area contributed by atoms with Crippen LogP contribution in [0.4, 0.5) is 4.39 Å². The Labute approximate surface area is 75.4 Å². The Morgan fingerprint density at radius 1 is 1.46 bits per heavy atom. The molecule has 0 bridgehead atoms. The van der Waals surface area contributed by atoms with Gasteiger partial charge in [0.2, 0.25) is 0 Å². The number of phenols is 1. The first-order valence-electron chi connectivity index (χ1n) is 3.72. The van der Waals surface area contributed by atoms with E-state index in [1.165, 1.54) is 25.1 Å². The van der Waals surface area contributed by atoms with Crippen LogP contribution >= 0.6 is 0 Å². The van der Waals surface area contributed by atoms with E-state index in [1.807, 2.05) is 0 Å². The van der Waals surface area contributed by atoms with Crippen LogP contribution in [0.15, 0.2) is 18.2 Å². The van der Waals surface area contributed by atoms with Crippen LogP contribution in [-0.4, -0.2) is 30.0 Å². The van der Waals surface area contributed by atoms with Gasteiger partial charge >= 0.3 is 0 Å². The van der Waals surface area contributed by atoms with Gasteiger partial charge in [0, 0.05) is 14.1 Å². The molecule has 0 fully saturated rings. The third-order valence-electron chi connectivity index (χ3n) is 1.59. The summed E-state index contributed by atoms with van der Waals surface area (Å²) in [5.41, 5.74) is -0.120. The number of carbonyl (C=O) groups excluding carboxylic acids is 1. The van der Waals surface area contributed by atoms with Crippen molar-refractivity contribution in [3.8, 4) is 5.75 Å². The molecule has 0 aliphatic rings. The molecule has 13 heavy (non-hydrogen) atoms. The first kappa shape index (κ1) is 9.51. The van der Waals surface area contributed by atoms with E-state index in [9.17, 15) is 9.18 Å². The van der Waals surface area contributed by atoms with Crippen molar-refractivity contribution < 1.29 is 14.3 Å². The zero-order chi connectivity index (χ0) is 10.0. The Kier molecular flexibility index (Phi) is 2.51. The van der Waals surface area contributed by atoms with E-state index in [-0.39, 0.29) is 11.3 Å². The Morgan fingerprint density at radius 2 is 2.08 bits per heavy atom. The first-order valence-corrected chi connectivity index (χ1v) is 3.72. The van der Waals surface area contributed by atoms with Crippen LogP contribution in [0.2, 0.25) is 0 Å². The highest BCUT2D eigenvalue weighted by molar-refractivity contribution is 5.94. The number of carbonyl (C=O) groups is 1. The van der Waals surface area contributed by atoms with Gasteiger partial charge in [-0.15, -0.1) is 0 Å². The zero-order valence-electron chi connectivity index (χ0n) is 7.41. The molecule has 0 unspecified atom stereocenters. The molecule has 0 saturated heterocycles. The van der Waals surface area contributed by atoms with Gasteiger partial charge in [0.15, 0.2) is 0 Å². The number of phenolic OH excluding ortho intramolecular Hbond substituents is 1. The van der Waals surface area contributed by atoms with Gasteiger partial charge in [-0.25, -0.2) is 4.39 Å². The van der Waals surface area contributed by atoms with E-state index in [2.05, 4.69) is 0 Å². The molecule has 1 aromatic rings. The lowest BCUT2D eigenvalue weighted by atomic mass is 10.2. The second-order valence-electron chi connectivity index (χ2n) is 2.86. The molecule has 3 nitrogen and oxygen atoms in total. The highest BCUT2D eigenvalue weighted by atomic mass is 19.1. The molecule has 1 amide bonds. The molecule has 0 heterocycles. The van der Waals surface area contributed by atoms with E-state index in [0.717, 1.165) is 12.1 Å². The summed E-state index contributed by atoms with van der Waals surface area (Å²) in [6.07, 6.45) is 0. The second kappa shape index (κ2) is 3.43. The van der Waals surface area contributed by atoms with Crippen molar-refractivity contribution in [2.45, 2.75) is 0 Å². The molecule has 0 atom stereocenters.